The molecule has 0 bridgehead atoms. The van der Waals surface area contributed by atoms with Crippen molar-refractivity contribution in [2.45, 2.75) is 6.54 Å². The second-order valence-electron chi connectivity index (χ2n) is 7.96. The number of rotatable bonds is 4. The number of nitriles is 1. The zero-order chi connectivity index (χ0) is 22.2. The second-order valence-corrected chi connectivity index (χ2v) is 7.96. The van der Waals surface area contributed by atoms with Crippen LogP contribution in [-0.4, -0.2) is 63.3 Å². The van der Waals surface area contributed by atoms with Gasteiger partial charge < -0.3 is 14.4 Å². The van der Waals surface area contributed by atoms with Gasteiger partial charge in [-0.25, -0.2) is 9.37 Å². The normalized spacial score (nSPS) is 15.3. The Morgan fingerprint density at radius 1 is 1.22 bits per heavy atom. The van der Waals surface area contributed by atoms with Crippen molar-refractivity contribution in [2.75, 3.05) is 33.2 Å². The summed E-state index contributed by atoms with van der Waals surface area (Å²) in [6, 6.07) is 9.66. The first-order valence-electron chi connectivity index (χ1n) is 10.3. The number of H-pyrrole nitrogens is 1. The average molecular weight is 432 g/mol. The molecular weight excluding hydrogens is 411 g/mol. The van der Waals surface area contributed by atoms with Gasteiger partial charge in [-0.15, -0.1) is 0 Å². The SMILES string of the molecule is CN1CCN(Cc2ccc(-c3c(C#N)c(-c4ccc(O)cc4F)nc4[nH]ncc34)o2)CC1. The summed E-state index contributed by atoms with van der Waals surface area (Å²) in [6.07, 6.45) is 1.58. The predicted octanol–water partition coefficient (Wildman–Crippen LogP) is 3.35. The lowest BCUT2D eigenvalue weighted by atomic mass is 9.97. The number of hydrogen-bond acceptors (Lipinski definition) is 7. The molecule has 0 unspecified atom stereocenters. The summed E-state index contributed by atoms with van der Waals surface area (Å²) in [5.74, 6) is 0.417. The number of aromatic hydroxyl groups is 1. The molecule has 162 valence electrons. The van der Waals surface area contributed by atoms with Crippen molar-refractivity contribution >= 4 is 11.0 Å². The van der Waals surface area contributed by atoms with Crippen molar-refractivity contribution in [3.05, 3.63) is 53.7 Å². The van der Waals surface area contributed by atoms with Crippen molar-refractivity contribution in [1.29, 1.82) is 5.26 Å². The smallest absolute Gasteiger partial charge is 0.156 e. The number of pyridine rings is 1. The number of hydrogen-bond donors (Lipinski definition) is 2. The van der Waals surface area contributed by atoms with E-state index in [4.69, 9.17) is 4.42 Å². The molecule has 0 saturated carbocycles. The summed E-state index contributed by atoms with van der Waals surface area (Å²) < 4.78 is 20.8. The molecule has 9 heteroatoms. The van der Waals surface area contributed by atoms with Gasteiger partial charge in [-0.05, 0) is 31.3 Å². The Hall–Kier alpha value is -3.74. The predicted molar refractivity (Wildman–Crippen MR) is 116 cm³/mol. The number of furan rings is 1. The minimum Gasteiger partial charge on any atom is -0.508 e. The number of benzene rings is 1. The summed E-state index contributed by atoms with van der Waals surface area (Å²) in [4.78, 5) is 9.06. The fraction of sp³-hybridized carbons (Fsp3) is 0.261. The van der Waals surface area contributed by atoms with Crippen molar-refractivity contribution in [3.8, 4) is 34.4 Å². The standard InChI is InChI=1S/C23H21FN6O2/c1-29-6-8-30(9-7-29)13-15-3-5-20(32-15)21-17(11-25)22(27-23-18(21)12-26-28-23)16-4-2-14(31)10-19(16)24/h2-5,10,12,31H,6-9,13H2,1H3,(H,26,27,28). The zero-order valence-corrected chi connectivity index (χ0v) is 17.5. The summed E-state index contributed by atoms with van der Waals surface area (Å²) >= 11 is 0. The van der Waals surface area contributed by atoms with E-state index in [2.05, 4.69) is 38.1 Å². The summed E-state index contributed by atoms with van der Waals surface area (Å²) in [7, 11) is 2.11. The topological polar surface area (TPSA) is 105 Å². The van der Waals surface area contributed by atoms with E-state index in [9.17, 15) is 14.8 Å². The number of aromatic amines is 1. The first-order valence-corrected chi connectivity index (χ1v) is 10.3. The molecule has 1 aliphatic heterocycles. The quantitative estimate of drug-likeness (QED) is 0.509. The van der Waals surface area contributed by atoms with Gasteiger partial charge in [-0.3, -0.25) is 10.00 Å². The minimum atomic E-state index is -0.672. The summed E-state index contributed by atoms with van der Waals surface area (Å²) in [5, 5.41) is 27.1. The van der Waals surface area contributed by atoms with Gasteiger partial charge in [0, 0.05) is 43.4 Å². The van der Waals surface area contributed by atoms with E-state index in [1.54, 1.807) is 6.20 Å². The van der Waals surface area contributed by atoms with E-state index in [1.165, 1.54) is 12.1 Å². The van der Waals surface area contributed by atoms with E-state index >= 15 is 0 Å². The maximum atomic E-state index is 14.6. The molecule has 5 rings (SSSR count). The van der Waals surface area contributed by atoms with Crippen LogP contribution in [0.5, 0.6) is 5.75 Å². The van der Waals surface area contributed by atoms with Crippen LogP contribution < -0.4 is 0 Å². The lowest BCUT2D eigenvalue weighted by molar-refractivity contribution is 0.140. The van der Waals surface area contributed by atoms with Crippen LogP contribution >= 0.6 is 0 Å². The molecule has 0 atom stereocenters. The molecule has 32 heavy (non-hydrogen) atoms. The fourth-order valence-corrected chi connectivity index (χ4v) is 4.05. The number of nitrogens with zero attached hydrogens (tertiary/aromatic N) is 5. The first kappa shape index (κ1) is 20.2. The molecule has 0 amide bonds. The number of halogens is 1. The van der Waals surface area contributed by atoms with Crippen molar-refractivity contribution in [2.24, 2.45) is 0 Å². The van der Waals surface area contributed by atoms with E-state index in [-0.39, 0.29) is 22.6 Å². The Kier molecular flexibility index (Phi) is 5.09. The number of likely N-dealkylation sites (N-methyl/N-ethyl adjacent to an activating group) is 1. The summed E-state index contributed by atoms with van der Waals surface area (Å²) in [5.41, 5.74) is 1.39. The number of piperazine rings is 1. The van der Waals surface area contributed by atoms with Crippen molar-refractivity contribution in [1.82, 2.24) is 25.0 Å². The third-order valence-corrected chi connectivity index (χ3v) is 5.80. The molecule has 0 aliphatic carbocycles. The van der Waals surface area contributed by atoms with Crippen LogP contribution in [0.2, 0.25) is 0 Å². The highest BCUT2D eigenvalue weighted by Crippen LogP contribution is 2.38. The molecule has 4 aromatic rings. The van der Waals surface area contributed by atoms with Crippen LogP contribution in [-0.2, 0) is 6.54 Å². The highest BCUT2D eigenvalue weighted by molar-refractivity contribution is 5.97. The van der Waals surface area contributed by atoms with Crippen LogP contribution in [0, 0.1) is 17.1 Å². The molecule has 2 N–H and O–H groups in total. The van der Waals surface area contributed by atoms with E-state index in [0.29, 0.717) is 28.9 Å². The van der Waals surface area contributed by atoms with Gasteiger partial charge in [0.1, 0.15) is 29.2 Å². The number of nitrogens with one attached hydrogen (secondary N) is 1. The van der Waals surface area contributed by atoms with Crippen LogP contribution in [0.3, 0.4) is 0 Å². The van der Waals surface area contributed by atoms with Crippen LogP contribution in [0.25, 0.3) is 33.6 Å². The third-order valence-electron chi connectivity index (χ3n) is 5.80. The van der Waals surface area contributed by atoms with E-state index < -0.39 is 5.82 Å². The van der Waals surface area contributed by atoms with Gasteiger partial charge in [0.05, 0.1) is 29.4 Å². The maximum Gasteiger partial charge on any atom is 0.156 e. The van der Waals surface area contributed by atoms with Gasteiger partial charge in [0.15, 0.2) is 5.65 Å². The highest BCUT2D eigenvalue weighted by atomic mass is 19.1. The van der Waals surface area contributed by atoms with E-state index in [0.717, 1.165) is 38.0 Å². The first-order chi connectivity index (χ1) is 15.5. The molecule has 0 radical (unpaired) electrons. The van der Waals surface area contributed by atoms with Crippen LogP contribution in [0.4, 0.5) is 4.39 Å². The van der Waals surface area contributed by atoms with Gasteiger partial charge in [-0.2, -0.15) is 10.4 Å². The molecule has 1 aromatic carbocycles. The van der Waals surface area contributed by atoms with Gasteiger partial charge >= 0.3 is 0 Å². The Labute approximate surface area is 183 Å². The van der Waals surface area contributed by atoms with Gasteiger partial charge in [-0.1, -0.05) is 0 Å². The Balaban J connectivity index is 1.59. The number of fused-ring (bicyclic) bond motifs is 1. The molecule has 1 fully saturated rings. The molecular formula is C23H21FN6O2. The van der Waals surface area contributed by atoms with Gasteiger partial charge in [0.25, 0.3) is 0 Å². The largest absolute Gasteiger partial charge is 0.508 e. The van der Waals surface area contributed by atoms with Crippen LogP contribution in [0.1, 0.15) is 11.3 Å². The highest BCUT2D eigenvalue weighted by Gasteiger charge is 2.24. The molecule has 8 nitrogen and oxygen atoms in total. The molecule has 1 saturated heterocycles. The Morgan fingerprint density at radius 3 is 2.78 bits per heavy atom. The average Bonchev–Trinajstić information content (AvgIpc) is 3.43. The Morgan fingerprint density at radius 2 is 2.03 bits per heavy atom. The lowest BCUT2D eigenvalue weighted by Crippen LogP contribution is -2.43. The third kappa shape index (κ3) is 3.60. The molecule has 0 spiro atoms. The molecule has 1 aliphatic rings. The Bertz CT molecular complexity index is 1330. The molecule has 3 aromatic heterocycles. The maximum absolute atomic E-state index is 14.6. The number of phenols is 1. The zero-order valence-electron chi connectivity index (χ0n) is 17.5. The van der Waals surface area contributed by atoms with Crippen LogP contribution in [0.15, 0.2) is 40.9 Å². The minimum absolute atomic E-state index is 0.112. The van der Waals surface area contributed by atoms with Crippen molar-refractivity contribution in [3.63, 3.8) is 0 Å². The van der Waals surface area contributed by atoms with Crippen molar-refractivity contribution < 1.29 is 13.9 Å². The van der Waals surface area contributed by atoms with Gasteiger partial charge in [0.2, 0.25) is 0 Å². The van der Waals surface area contributed by atoms with E-state index in [1.807, 2.05) is 12.1 Å². The second kappa shape index (κ2) is 8.07. The fourth-order valence-electron chi connectivity index (χ4n) is 4.05. The monoisotopic (exact) mass is 432 g/mol. The lowest BCUT2D eigenvalue weighted by Gasteiger charge is -2.31. The number of aromatic nitrogens is 3. The molecule has 4 heterocycles. The summed E-state index contributed by atoms with van der Waals surface area (Å²) in [6.45, 7) is 4.61. The number of phenolic OH excluding ortho intramolecular Hbond substituents is 1.